The smallest absolute Gasteiger partial charge is 0.245 e. The molecule has 1 saturated heterocycles. The van der Waals surface area contributed by atoms with Crippen LogP contribution in [0, 0.1) is 5.92 Å². The predicted molar refractivity (Wildman–Crippen MR) is 471 cm³/mol. The van der Waals surface area contributed by atoms with E-state index in [2.05, 4.69) is 79.7 Å². The number of aliphatic hydroxyl groups excluding tert-OH is 1. The van der Waals surface area contributed by atoms with Crippen molar-refractivity contribution >= 4 is 117 Å². The number of hydrogen-bond donors (Lipinski definition) is 17. The third kappa shape index (κ3) is 66.8. The number of nitrogens with two attached hydrogens (primary N) is 1. The number of aliphatic carboxylic acids is 8. The molecule has 45 heteroatoms. The van der Waals surface area contributed by atoms with Crippen LogP contribution in [0.5, 0.6) is 5.75 Å². The average Bonchev–Trinajstić information content (AvgIpc) is 1.49. The molecule has 2 heterocycles. The number of ketones is 5. The van der Waals surface area contributed by atoms with Gasteiger partial charge in [-0.2, -0.15) is 0 Å². The minimum absolute atomic E-state index is 0.0628. The van der Waals surface area contributed by atoms with E-state index in [-0.39, 0.29) is 75.7 Å². The predicted octanol–water partition coefficient (Wildman–Crippen LogP) is -9.98. The van der Waals surface area contributed by atoms with Crippen molar-refractivity contribution in [3.8, 4) is 5.75 Å². The Labute approximate surface area is 775 Å². The molecule has 45 nitrogen and oxygen atoms in total. The molecule has 1 aliphatic heterocycles. The molecule has 748 valence electrons. The molecular weight excluding hydrogens is 1740 g/mol. The maximum atomic E-state index is 15.0. The van der Waals surface area contributed by atoms with Gasteiger partial charge < -0.3 is 116 Å². The second-order valence-electron chi connectivity index (χ2n) is 29.8. The molecule has 0 aliphatic carbocycles. The van der Waals surface area contributed by atoms with Gasteiger partial charge in [0.1, 0.15) is 36.5 Å². The second-order valence-corrected chi connectivity index (χ2v) is 29.8. The molecule has 133 heavy (non-hydrogen) atoms. The number of likely N-dealkylation sites (tertiary alicyclic amines) is 1. The number of phenols is 1. The monoisotopic (exact) mass is 1880 g/mol. The number of hydrogen-bond acceptors (Lipinski definition) is 40. The largest absolute Gasteiger partial charge is 0.550 e. The lowest BCUT2D eigenvalue weighted by atomic mass is 9.96. The average molecular weight is 1880 g/mol. The SMILES string of the molecule is CC(=O)[O-].CC(=O)[O-].CC(=O)[O-].CC(=O)[O-].CC(=O)[O-].CC(=O)[O-].CC(=O)[O-].CC(=O)[O-].CCNC(NCC)NCCCCC(NN[C@@H](Cc1ccc(O)cc1)C(=O)C(=O)[C@H](CO)NC(=O)C(Cc1cccnc1)NCC(=O)C(Cc1ccc2ccccc2c1)NC(C)=O)C(=O)N[C@@H](CC(C)C)C(=O)NC(CCCCNC(NCC)NCC)C(=O)N1CCC[C@H]1C(=O)C(=O)C(C)NN. The van der Waals surface area contributed by atoms with Crippen LogP contribution in [0.4, 0.5) is 0 Å². The molecule has 5 rings (SSSR count). The highest BCUT2D eigenvalue weighted by atomic mass is 16.4. The van der Waals surface area contributed by atoms with E-state index in [0.717, 1.165) is 71.7 Å². The summed E-state index contributed by atoms with van der Waals surface area (Å²) >= 11 is 0. The number of carboxylic acid groups (broad SMARTS) is 8. The molecule has 0 bridgehead atoms. The number of pyridine rings is 1. The standard InChI is InChI=1S/C72H111N17O12.8C2H4O2/c1-9-75-71(76-10-2)79-34-17-15-24-54(67(98)84-59(37-45(5)6)69(100)83-55(25-16-18-35-80-72(77-11-3)78-12-4)70(101)89-36-20-26-61(89)66(97)63(94)46(7)86-73)87-88-57(39-48-28-31-53(92)32-29-48)64(95)65(96)60(44-90)85-68(99)58(41-50-21-19-33-74-42-50)81-43-62(93)56(82-47(8)91)40-49-27-30-51-22-13-14-23-52(51)38-49;8*1-2(3)4/h13-14,19,21-23,27-33,38,42,45-46,54-61,71-72,75-81,86-88,90,92H,9-12,15-18,20,24-26,34-37,39-41,43-44,73H2,1-8H3,(H,82,91)(H,83,100)(H,84,98)(H,85,99);8*1H3,(H,3,4)/p-8/t46?,54?,55?,56?,57-,58?,59-,60-,61-;;;;;;;;/m0......../s1. The van der Waals surface area contributed by atoms with Crippen molar-refractivity contribution in [1.82, 2.24) is 84.6 Å². The Morgan fingerprint density at radius 1 is 0.451 bits per heavy atom. The van der Waals surface area contributed by atoms with E-state index in [9.17, 15) is 53.4 Å². The van der Waals surface area contributed by atoms with Gasteiger partial charge in [-0.25, -0.2) is 16.3 Å². The van der Waals surface area contributed by atoms with Gasteiger partial charge >= 0.3 is 0 Å². The molecule has 3 aromatic carbocycles. The van der Waals surface area contributed by atoms with Crippen molar-refractivity contribution in [2.24, 2.45) is 11.8 Å². The second kappa shape index (κ2) is 75.4. The number of aromatic nitrogens is 1. The number of rotatable bonds is 51. The van der Waals surface area contributed by atoms with Gasteiger partial charge in [0, 0.05) is 73.6 Å². The van der Waals surface area contributed by atoms with Crippen LogP contribution in [-0.4, -0.2) is 252 Å². The summed E-state index contributed by atoms with van der Waals surface area (Å²) in [7, 11) is 0. The number of carboxylic acids is 8. The van der Waals surface area contributed by atoms with Gasteiger partial charge in [-0.15, -0.1) is 0 Å². The summed E-state index contributed by atoms with van der Waals surface area (Å²) in [4.78, 5) is 219. The van der Waals surface area contributed by atoms with Crippen LogP contribution in [-0.2, 0) is 106 Å². The van der Waals surface area contributed by atoms with Crippen molar-refractivity contribution in [2.75, 3.05) is 59.0 Å². The van der Waals surface area contributed by atoms with E-state index in [1.165, 1.54) is 55.4 Å². The zero-order chi connectivity index (χ0) is 102. The summed E-state index contributed by atoms with van der Waals surface area (Å²) in [6.45, 7) is 24.7. The number of Topliss-reactive ketones (excluding diaryl/α,β-unsaturated/α-hetero) is 5. The number of aromatic hydroxyl groups is 1. The van der Waals surface area contributed by atoms with E-state index in [1.807, 2.05) is 84.0 Å². The summed E-state index contributed by atoms with van der Waals surface area (Å²) in [6, 6.07) is 11.3. The van der Waals surface area contributed by atoms with Gasteiger partial charge in [0.05, 0.1) is 49.4 Å². The number of fused-ring (bicyclic) bond motifs is 1. The highest BCUT2D eigenvalue weighted by Gasteiger charge is 2.42. The zero-order valence-corrected chi connectivity index (χ0v) is 78.4. The van der Waals surface area contributed by atoms with Crippen LogP contribution in [0.3, 0.4) is 0 Å². The molecule has 1 aliphatic rings. The Morgan fingerprint density at radius 3 is 1.31 bits per heavy atom. The summed E-state index contributed by atoms with van der Waals surface area (Å²) < 4.78 is 0. The lowest BCUT2D eigenvalue weighted by Gasteiger charge is -2.31. The molecule has 1 aromatic heterocycles. The van der Waals surface area contributed by atoms with E-state index < -0.39 is 174 Å². The number of hydrazine groups is 2. The number of carbonyl (C=O) groups excluding carboxylic acids is 18. The van der Waals surface area contributed by atoms with Crippen molar-refractivity contribution in [3.63, 3.8) is 0 Å². The lowest BCUT2D eigenvalue weighted by Crippen LogP contribution is -2.61. The van der Waals surface area contributed by atoms with Crippen LogP contribution >= 0.6 is 0 Å². The third-order valence-corrected chi connectivity index (χ3v) is 17.4. The Bertz CT molecular complexity index is 4000. The van der Waals surface area contributed by atoms with Crippen LogP contribution in [0.1, 0.15) is 185 Å². The maximum absolute atomic E-state index is 15.0. The molecule has 5 amide bonds. The quantitative estimate of drug-likeness (QED) is 0.00642. The summed E-state index contributed by atoms with van der Waals surface area (Å²) in [5.41, 5.74) is 10.0. The Hall–Kier alpha value is -12.2. The fourth-order valence-electron chi connectivity index (χ4n) is 12.0. The molecular formula is C88H135N17O28-8. The van der Waals surface area contributed by atoms with Gasteiger partial charge in [0.2, 0.25) is 52.7 Å². The molecule has 9 atom stereocenters. The van der Waals surface area contributed by atoms with Gasteiger partial charge in [-0.1, -0.05) is 109 Å². The first-order valence-corrected chi connectivity index (χ1v) is 42.8. The number of nitrogens with one attached hydrogen (secondary N) is 14. The normalized spacial score (nSPS) is 13.3. The number of carbonyl (C=O) groups is 18. The van der Waals surface area contributed by atoms with Crippen LogP contribution in [0.2, 0.25) is 0 Å². The molecule has 1 fully saturated rings. The summed E-state index contributed by atoms with van der Waals surface area (Å²) in [5, 5.41) is 128. The number of aliphatic hydroxyl groups is 1. The zero-order valence-electron chi connectivity index (χ0n) is 78.4. The fraction of sp³-hybridized carbons (Fsp3) is 0.557. The van der Waals surface area contributed by atoms with Gasteiger partial charge in [-0.3, -0.25) is 96.0 Å². The van der Waals surface area contributed by atoms with Crippen molar-refractivity contribution in [3.05, 3.63) is 108 Å². The number of amides is 5. The Balaban J connectivity index is -0.00000224. The van der Waals surface area contributed by atoms with Crippen LogP contribution in [0.15, 0.2) is 91.3 Å². The van der Waals surface area contributed by atoms with E-state index in [0.29, 0.717) is 82.5 Å². The first-order chi connectivity index (χ1) is 62.4. The molecule has 0 spiro atoms. The molecule has 0 radical (unpaired) electrons. The lowest BCUT2D eigenvalue weighted by molar-refractivity contribution is -0.303. The minimum Gasteiger partial charge on any atom is -0.550 e. The van der Waals surface area contributed by atoms with E-state index >= 15 is 4.79 Å². The Kier molecular flexibility index (Phi) is 72.1. The fourth-order valence-corrected chi connectivity index (χ4v) is 12.0. The van der Waals surface area contributed by atoms with Gasteiger partial charge in [-0.05, 0) is 224 Å². The molecule has 18 N–H and O–H groups in total. The summed E-state index contributed by atoms with van der Waals surface area (Å²) in [6.07, 6.45) is 5.55. The number of unbranched alkanes of at least 4 members (excludes halogenated alkanes) is 2. The Morgan fingerprint density at radius 2 is 0.865 bits per heavy atom. The van der Waals surface area contributed by atoms with E-state index in [4.69, 9.17) is 85.1 Å². The van der Waals surface area contributed by atoms with Crippen LogP contribution < -0.4 is 121 Å². The van der Waals surface area contributed by atoms with Crippen molar-refractivity contribution < 1.29 is 137 Å². The third-order valence-electron chi connectivity index (χ3n) is 17.4. The van der Waals surface area contributed by atoms with Gasteiger partial charge in [0.15, 0.2) is 5.78 Å². The summed E-state index contributed by atoms with van der Waals surface area (Å²) in [5.74, 6) is -11.0. The van der Waals surface area contributed by atoms with Gasteiger partial charge in [0.25, 0.3) is 0 Å². The van der Waals surface area contributed by atoms with Crippen molar-refractivity contribution in [1.29, 1.82) is 0 Å². The van der Waals surface area contributed by atoms with E-state index in [1.54, 1.807) is 12.1 Å². The number of phenolic OH excluding ortho intramolecular Hbond substituents is 1. The molecule has 0 saturated carbocycles. The topological polar surface area (TPSA) is 743 Å². The van der Waals surface area contributed by atoms with Crippen LogP contribution in [0.25, 0.3) is 10.8 Å². The maximum Gasteiger partial charge on any atom is 0.245 e. The first-order valence-electron chi connectivity index (χ1n) is 42.8. The highest BCUT2D eigenvalue weighted by Crippen LogP contribution is 2.23. The number of nitrogens with zero attached hydrogens (tertiary/aromatic N) is 2. The molecule has 4 aromatic rings. The van der Waals surface area contributed by atoms with Crippen molar-refractivity contribution in [2.45, 2.75) is 255 Å². The first kappa shape index (κ1) is 127. The number of benzene rings is 3. The minimum atomic E-state index is -1.83. The highest BCUT2D eigenvalue weighted by molar-refractivity contribution is 6.42. The molecule has 5 unspecified atom stereocenters.